The Labute approximate surface area is 82.9 Å². The van der Waals surface area contributed by atoms with Gasteiger partial charge in [0.25, 0.3) is 0 Å². The number of alkyl halides is 1. The van der Waals surface area contributed by atoms with Gasteiger partial charge in [-0.2, -0.15) is 0 Å². The first-order valence-electron chi connectivity index (χ1n) is 4.25. The SMILES string of the molecule is Cc1cc(F)ccc1CNCCCl. The van der Waals surface area contributed by atoms with Crippen molar-refractivity contribution in [1.29, 1.82) is 0 Å². The minimum Gasteiger partial charge on any atom is -0.311 e. The van der Waals surface area contributed by atoms with Crippen LogP contribution in [0.5, 0.6) is 0 Å². The van der Waals surface area contributed by atoms with Gasteiger partial charge in [-0.3, -0.25) is 0 Å². The molecular weight excluding hydrogens is 189 g/mol. The standard InChI is InChI=1S/C10H13ClFN/c1-8-6-10(12)3-2-9(8)7-13-5-4-11/h2-3,6,13H,4-5,7H2,1H3. The lowest BCUT2D eigenvalue weighted by atomic mass is 10.1. The molecule has 0 saturated heterocycles. The van der Waals surface area contributed by atoms with Crippen molar-refractivity contribution < 1.29 is 4.39 Å². The molecule has 0 amide bonds. The van der Waals surface area contributed by atoms with Crippen LogP contribution in [0.1, 0.15) is 11.1 Å². The molecule has 1 nitrogen and oxygen atoms in total. The topological polar surface area (TPSA) is 12.0 Å². The van der Waals surface area contributed by atoms with Gasteiger partial charge in [0.2, 0.25) is 0 Å². The Morgan fingerprint density at radius 2 is 2.23 bits per heavy atom. The van der Waals surface area contributed by atoms with E-state index in [-0.39, 0.29) is 5.82 Å². The van der Waals surface area contributed by atoms with Crippen LogP contribution >= 0.6 is 11.6 Å². The van der Waals surface area contributed by atoms with Crippen molar-refractivity contribution in [2.24, 2.45) is 0 Å². The van der Waals surface area contributed by atoms with E-state index in [0.29, 0.717) is 5.88 Å². The van der Waals surface area contributed by atoms with Crippen molar-refractivity contribution in [3.8, 4) is 0 Å². The average molecular weight is 202 g/mol. The van der Waals surface area contributed by atoms with E-state index in [9.17, 15) is 4.39 Å². The highest BCUT2D eigenvalue weighted by atomic mass is 35.5. The highest BCUT2D eigenvalue weighted by Gasteiger charge is 1.98. The summed E-state index contributed by atoms with van der Waals surface area (Å²) in [5, 5.41) is 3.16. The summed E-state index contributed by atoms with van der Waals surface area (Å²) >= 11 is 5.51. The Hall–Kier alpha value is -0.600. The molecule has 0 fully saturated rings. The van der Waals surface area contributed by atoms with Crippen LogP contribution in [-0.2, 0) is 6.54 Å². The maximum Gasteiger partial charge on any atom is 0.123 e. The Morgan fingerprint density at radius 3 is 2.85 bits per heavy atom. The number of hydrogen-bond donors (Lipinski definition) is 1. The predicted molar refractivity (Wildman–Crippen MR) is 53.6 cm³/mol. The molecule has 1 aromatic carbocycles. The van der Waals surface area contributed by atoms with Gasteiger partial charge in [0.1, 0.15) is 5.82 Å². The monoisotopic (exact) mass is 201 g/mol. The molecule has 0 heterocycles. The van der Waals surface area contributed by atoms with Crippen LogP contribution in [0.3, 0.4) is 0 Å². The summed E-state index contributed by atoms with van der Waals surface area (Å²) in [6.07, 6.45) is 0. The Balaban J connectivity index is 2.56. The van der Waals surface area contributed by atoms with Gasteiger partial charge in [-0.15, -0.1) is 11.6 Å². The quantitative estimate of drug-likeness (QED) is 0.583. The molecule has 0 spiro atoms. The van der Waals surface area contributed by atoms with E-state index in [1.54, 1.807) is 6.07 Å². The van der Waals surface area contributed by atoms with Gasteiger partial charge < -0.3 is 5.32 Å². The number of rotatable bonds is 4. The highest BCUT2D eigenvalue weighted by Crippen LogP contribution is 2.09. The van der Waals surface area contributed by atoms with Crippen molar-refractivity contribution in [2.45, 2.75) is 13.5 Å². The minimum absolute atomic E-state index is 0.182. The number of benzene rings is 1. The first kappa shape index (κ1) is 10.5. The van der Waals surface area contributed by atoms with Crippen LogP contribution < -0.4 is 5.32 Å². The third kappa shape index (κ3) is 3.33. The normalized spacial score (nSPS) is 10.4. The summed E-state index contributed by atoms with van der Waals surface area (Å²) < 4.78 is 12.7. The molecule has 0 saturated carbocycles. The zero-order valence-corrected chi connectivity index (χ0v) is 8.37. The van der Waals surface area contributed by atoms with Gasteiger partial charge in [0.05, 0.1) is 0 Å². The molecule has 13 heavy (non-hydrogen) atoms. The average Bonchev–Trinajstić information content (AvgIpc) is 2.09. The summed E-state index contributed by atoms with van der Waals surface area (Å²) in [5.41, 5.74) is 2.09. The third-order valence-electron chi connectivity index (χ3n) is 1.89. The Morgan fingerprint density at radius 1 is 1.46 bits per heavy atom. The maximum atomic E-state index is 12.7. The molecule has 0 unspecified atom stereocenters. The van der Waals surface area contributed by atoms with Crippen molar-refractivity contribution in [3.05, 3.63) is 35.1 Å². The molecule has 0 aromatic heterocycles. The fraction of sp³-hybridized carbons (Fsp3) is 0.400. The van der Waals surface area contributed by atoms with E-state index >= 15 is 0 Å². The lowest BCUT2D eigenvalue weighted by Gasteiger charge is -2.06. The van der Waals surface area contributed by atoms with Gasteiger partial charge >= 0.3 is 0 Å². The van der Waals surface area contributed by atoms with E-state index in [0.717, 1.165) is 24.2 Å². The second kappa shape index (κ2) is 5.20. The van der Waals surface area contributed by atoms with E-state index in [2.05, 4.69) is 5.32 Å². The van der Waals surface area contributed by atoms with Crippen LogP contribution in [0.2, 0.25) is 0 Å². The molecule has 1 N–H and O–H groups in total. The van der Waals surface area contributed by atoms with Gasteiger partial charge in [0.15, 0.2) is 0 Å². The smallest absolute Gasteiger partial charge is 0.123 e. The highest BCUT2D eigenvalue weighted by molar-refractivity contribution is 6.18. The molecule has 1 aromatic rings. The zero-order valence-electron chi connectivity index (χ0n) is 7.61. The van der Waals surface area contributed by atoms with Crippen LogP contribution in [0, 0.1) is 12.7 Å². The van der Waals surface area contributed by atoms with Gasteiger partial charge in [-0.1, -0.05) is 6.07 Å². The third-order valence-corrected chi connectivity index (χ3v) is 2.08. The Bertz CT molecular complexity index is 276. The molecule has 3 heteroatoms. The Kier molecular flexibility index (Phi) is 4.19. The van der Waals surface area contributed by atoms with Gasteiger partial charge in [-0.05, 0) is 30.2 Å². The number of nitrogens with one attached hydrogen (secondary N) is 1. The number of aryl methyl sites for hydroxylation is 1. The van der Waals surface area contributed by atoms with Crippen molar-refractivity contribution in [2.75, 3.05) is 12.4 Å². The molecular formula is C10H13ClFN. The number of halogens is 2. The maximum absolute atomic E-state index is 12.7. The lowest BCUT2D eigenvalue weighted by molar-refractivity contribution is 0.624. The molecule has 0 aliphatic heterocycles. The van der Waals surface area contributed by atoms with E-state index < -0.39 is 0 Å². The lowest BCUT2D eigenvalue weighted by Crippen LogP contribution is -2.16. The summed E-state index contributed by atoms with van der Waals surface area (Å²) in [5.74, 6) is 0.416. The second-order valence-corrected chi connectivity index (χ2v) is 3.31. The molecule has 0 radical (unpaired) electrons. The van der Waals surface area contributed by atoms with E-state index in [4.69, 9.17) is 11.6 Å². The summed E-state index contributed by atoms with van der Waals surface area (Å²) in [6.45, 7) is 3.43. The van der Waals surface area contributed by atoms with Crippen molar-refractivity contribution in [3.63, 3.8) is 0 Å². The van der Waals surface area contributed by atoms with Crippen molar-refractivity contribution >= 4 is 11.6 Å². The first-order chi connectivity index (χ1) is 6.24. The van der Waals surface area contributed by atoms with Crippen LogP contribution in [0.25, 0.3) is 0 Å². The van der Waals surface area contributed by atoms with Crippen LogP contribution in [0.15, 0.2) is 18.2 Å². The molecule has 0 aliphatic carbocycles. The van der Waals surface area contributed by atoms with E-state index in [1.165, 1.54) is 12.1 Å². The molecule has 72 valence electrons. The first-order valence-corrected chi connectivity index (χ1v) is 4.79. The fourth-order valence-electron chi connectivity index (χ4n) is 1.15. The second-order valence-electron chi connectivity index (χ2n) is 2.94. The molecule has 0 aliphatic rings. The van der Waals surface area contributed by atoms with Gasteiger partial charge in [0, 0.05) is 19.0 Å². The molecule has 1 rings (SSSR count). The summed E-state index contributed by atoms with van der Waals surface area (Å²) in [4.78, 5) is 0. The minimum atomic E-state index is -0.182. The predicted octanol–water partition coefficient (Wildman–Crippen LogP) is 2.46. The van der Waals surface area contributed by atoms with Gasteiger partial charge in [-0.25, -0.2) is 4.39 Å². The fourth-order valence-corrected chi connectivity index (χ4v) is 1.28. The molecule has 0 bridgehead atoms. The number of hydrogen-bond acceptors (Lipinski definition) is 1. The zero-order chi connectivity index (χ0) is 9.68. The van der Waals surface area contributed by atoms with Crippen LogP contribution in [0.4, 0.5) is 4.39 Å². The summed E-state index contributed by atoms with van der Waals surface area (Å²) in [7, 11) is 0. The largest absolute Gasteiger partial charge is 0.311 e. The van der Waals surface area contributed by atoms with Crippen molar-refractivity contribution in [1.82, 2.24) is 5.32 Å². The summed E-state index contributed by atoms with van der Waals surface area (Å²) in [6, 6.07) is 4.81. The van der Waals surface area contributed by atoms with E-state index in [1.807, 2.05) is 6.92 Å². The molecule has 0 atom stereocenters. The van der Waals surface area contributed by atoms with Crippen LogP contribution in [-0.4, -0.2) is 12.4 Å².